The van der Waals surface area contributed by atoms with Crippen molar-refractivity contribution in [3.63, 3.8) is 0 Å². The quantitative estimate of drug-likeness (QED) is 0.719. The van der Waals surface area contributed by atoms with Crippen molar-refractivity contribution in [1.29, 1.82) is 0 Å². The van der Waals surface area contributed by atoms with Crippen molar-refractivity contribution in [2.75, 3.05) is 5.75 Å². The summed E-state index contributed by atoms with van der Waals surface area (Å²) in [6.07, 6.45) is 0. The van der Waals surface area contributed by atoms with Crippen molar-refractivity contribution in [1.82, 2.24) is 0 Å². The fraction of sp³-hybridized carbons (Fsp3) is 0.300. The first kappa shape index (κ1) is 10.1. The van der Waals surface area contributed by atoms with Gasteiger partial charge >= 0.3 is 0 Å². The highest BCUT2D eigenvalue weighted by Crippen LogP contribution is 2.12. The van der Waals surface area contributed by atoms with Gasteiger partial charge in [0.25, 0.3) is 0 Å². The molecule has 0 N–H and O–H groups in total. The SMILES string of the molecule is Cc1cccc(CSCC(=O)[O-])c1. The maximum atomic E-state index is 10.1. The van der Waals surface area contributed by atoms with E-state index in [0.717, 1.165) is 11.3 Å². The minimum absolute atomic E-state index is 0.0634. The lowest BCUT2D eigenvalue weighted by Gasteiger charge is -2.03. The van der Waals surface area contributed by atoms with Crippen LogP contribution in [0.1, 0.15) is 11.1 Å². The van der Waals surface area contributed by atoms with Gasteiger partial charge in [0.15, 0.2) is 0 Å². The molecule has 13 heavy (non-hydrogen) atoms. The van der Waals surface area contributed by atoms with Crippen LogP contribution in [0, 0.1) is 6.92 Å². The largest absolute Gasteiger partial charge is 0.549 e. The predicted molar refractivity (Wildman–Crippen MR) is 52.3 cm³/mol. The highest BCUT2D eigenvalue weighted by Gasteiger charge is 1.93. The fourth-order valence-electron chi connectivity index (χ4n) is 1.05. The summed E-state index contributed by atoms with van der Waals surface area (Å²) in [6, 6.07) is 8.05. The number of hydrogen-bond donors (Lipinski definition) is 0. The second kappa shape index (κ2) is 4.92. The Morgan fingerprint density at radius 2 is 2.31 bits per heavy atom. The predicted octanol–water partition coefficient (Wildman–Crippen LogP) is 0.978. The van der Waals surface area contributed by atoms with E-state index in [-0.39, 0.29) is 5.75 Å². The molecule has 0 heterocycles. The topological polar surface area (TPSA) is 40.1 Å². The van der Waals surface area contributed by atoms with Crippen LogP contribution in [0.15, 0.2) is 24.3 Å². The number of rotatable bonds is 4. The molecule has 0 aliphatic carbocycles. The number of aryl methyl sites for hydroxylation is 1. The Morgan fingerprint density at radius 3 is 2.92 bits per heavy atom. The van der Waals surface area contributed by atoms with Crippen molar-refractivity contribution in [3.05, 3.63) is 35.4 Å². The zero-order valence-electron chi connectivity index (χ0n) is 7.45. The van der Waals surface area contributed by atoms with Gasteiger partial charge in [-0.25, -0.2) is 0 Å². The summed E-state index contributed by atoms with van der Waals surface area (Å²) in [7, 11) is 0. The van der Waals surface area contributed by atoms with E-state index in [1.165, 1.54) is 17.3 Å². The summed E-state index contributed by atoms with van der Waals surface area (Å²) in [5, 5.41) is 10.1. The van der Waals surface area contributed by atoms with Gasteiger partial charge in [0, 0.05) is 11.5 Å². The third kappa shape index (κ3) is 3.99. The number of carbonyl (C=O) groups excluding carboxylic acids is 1. The lowest BCUT2D eigenvalue weighted by molar-refractivity contribution is -0.301. The van der Waals surface area contributed by atoms with Crippen molar-refractivity contribution in [2.24, 2.45) is 0 Å². The summed E-state index contributed by atoms with van der Waals surface area (Å²) >= 11 is 1.36. The van der Waals surface area contributed by atoms with Gasteiger partial charge < -0.3 is 9.90 Å². The molecule has 70 valence electrons. The van der Waals surface area contributed by atoms with Crippen LogP contribution in [0.4, 0.5) is 0 Å². The third-order valence-corrected chi connectivity index (χ3v) is 2.55. The summed E-state index contributed by atoms with van der Waals surface area (Å²) < 4.78 is 0. The molecule has 0 fully saturated rings. The van der Waals surface area contributed by atoms with Crippen LogP contribution in [-0.2, 0) is 10.5 Å². The van der Waals surface area contributed by atoms with Gasteiger partial charge in [-0.15, -0.1) is 0 Å². The van der Waals surface area contributed by atoms with Crippen LogP contribution in [0.5, 0.6) is 0 Å². The maximum Gasteiger partial charge on any atom is 0.0513 e. The van der Waals surface area contributed by atoms with E-state index in [4.69, 9.17) is 0 Å². The van der Waals surface area contributed by atoms with Gasteiger partial charge in [-0.3, -0.25) is 0 Å². The monoisotopic (exact) mass is 195 g/mol. The Morgan fingerprint density at radius 1 is 1.54 bits per heavy atom. The molecule has 0 amide bonds. The maximum absolute atomic E-state index is 10.1. The second-order valence-electron chi connectivity index (χ2n) is 2.85. The molecule has 0 saturated carbocycles. The average molecular weight is 195 g/mol. The lowest BCUT2D eigenvalue weighted by atomic mass is 10.2. The first-order chi connectivity index (χ1) is 6.18. The molecule has 0 aromatic heterocycles. The van der Waals surface area contributed by atoms with Crippen molar-refractivity contribution in [3.8, 4) is 0 Å². The minimum Gasteiger partial charge on any atom is -0.549 e. The number of aliphatic carboxylic acids is 1. The van der Waals surface area contributed by atoms with Crippen molar-refractivity contribution >= 4 is 17.7 Å². The van der Waals surface area contributed by atoms with Crippen LogP contribution < -0.4 is 5.11 Å². The molecule has 1 aromatic rings. The highest BCUT2D eigenvalue weighted by molar-refractivity contribution is 7.99. The lowest BCUT2D eigenvalue weighted by Crippen LogP contribution is -2.24. The van der Waals surface area contributed by atoms with Crippen LogP contribution in [0.3, 0.4) is 0 Å². The number of carbonyl (C=O) groups is 1. The standard InChI is InChI=1S/C10H12O2S/c1-8-3-2-4-9(5-8)6-13-7-10(11)12/h2-5H,6-7H2,1H3,(H,11,12)/p-1. The van der Waals surface area contributed by atoms with Gasteiger partial charge in [0.05, 0.1) is 5.97 Å². The Kier molecular flexibility index (Phi) is 3.83. The Balaban J connectivity index is 2.41. The third-order valence-electron chi connectivity index (χ3n) is 1.57. The Bertz CT molecular complexity index is 297. The molecule has 2 nitrogen and oxygen atoms in total. The Hall–Kier alpha value is -0.960. The molecular formula is C10H11O2S-. The normalized spacial score (nSPS) is 9.92. The van der Waals surface area contributed by atoms with E-state index in [1.54, 1.807) is 0 Å². The van der Waals surface area contributed by atoms with E-state index >= 15 is 0 Å². The first-order valence-electron chi connectivity index (χ1n) is 4.01. The molecule has 0 aliphatic rings. The molecule has 0 spiro atoms. The summed E-state index contributed by atoms with van der Waals surface area (Å²) in [4.78, 5) is 10.1. The molecule has 0 radical (unpaired) electrons. The van der Waals surface area contributed by atoms with Crippen LogP contribution >= 0.6 is 11.8 Å². The molecule has 0 atom stereocenters. The highest BCUT2D eigenvalue weighted by atomic mass is 32.2. The molecular weight excluding hydrogens is 184 g/mol. The minimum atomic E-state index is -1.00. The zero-order valence-corrected chi connectivity index (χ0v) is 8.26. The number of carboxylic acids is 1. The summed E-state index contributed by atoms with van der Waals surface area (Å²) in [5.41, 5.74) is 2.36. The molecule has 0 saturated heterocycles. The van der Waals surface area contributed by atoms with E-state index < -0.39 is 5.97 Å². The molecule has 1 rings (SSSR count). The van der Waals surface area contributed by atoms with E-state index in [2.05, 4.69) is 6.07 Å². The molecule has 1 aromatic carbocycles. The summed E-state index contributed by atoms with van der Waals surface area (Å²) in [6.45, 7) is 2.02. The van der Waals surface area contributed by atoms with Gasteiger partial charge in [-0.1, -0.05) is 29.8 Å². The second-order valence-corrected chi connectivity index (χ2v) is 3.84. The van der Waals surface area contributed by atoms with Crippen LogP contribution in [0.25, 0.3) is 0 Å². The van der Waals surface area contributed by atoms with Crippen molar-refractivity contribution in [2.45, 2.75) is 12.7 Å². The average Bonchev–Trinajstić information content (AvgIpc) is 2.03. The number of hydrogen-bond acceptors (Lipinski definition) is 3. The van der Waals surface area contributed by atoms with Crippen LogP contribution in [0.2, 0.25) is 0 Å². The van der Waals surface area contributed by atoms with Gasteiger partial charge in [-0.2, -0.15) is 11.8 Å². The van der Waals surface area contributed by atoms with Gasteiger partial charge in [-0.05, 0) is 12.5 Å². The van der Waals surface area contributed by atoms with E-state index in [9.17, 15) is 9.90 Å². The molecule has 0 unspecified atom stereocenters. The van der Waals surface area contributed by atoms with Gasteiger partial charge in [0.1, 0.15) is 0 Å². The van der Waals surface area contributed by atoms with E-state index in [0.29, 0.717) is 0 Å². The number of benzene rings is 1. The number of thioether (sulfide) groups is 1. The Labute approximate surface area is 82.0 Å². The number of carboxylic acid groups (broad SMARTS) is 1. The van der Waals surface area contributed by atoms with E-state index in [1.807, 2.05) is 25.1 Å². The smallest absolute Gasteiger partial charge is 0.0513 e. The molecule has 0 aliphatic heterocycles. The van der Waals surface area contributed by atoms with Crippen molar-refractivity contribution < 1.29 is 9.90 Å². The molecule has 3 heteroatoms. The first-order valence-corrected chi connectivity index (χ1v) is 5.17. The zero-order chi connectivity index (χ0) is 9.68. The fourth-order valence-corrected chi connectivity index (χ4v) is 1.74. The molecule has 0 bridgehead atoms. The van der Waals surface area contributed by atoms with Crippen LogP contribution in [-0.4, -0.2) is 11.7 Å². The summed E-state index contributed by atoms with van der Waals surface area (Å²) in [5.74, 6) is -0.207. The van der Waals surface area contributed by atoms with Gasteiger partial charge in [0.2, 0.25) is 0 Å².